The molecule has 0 spiro atoms. The lowest BCUT2D eigenvalue weighted by atomic mass is 10.1. The summed E-state index contributed by atoms with van der Waals surface area (Å²) in [4.78, 5) is 28.4. The van der Waals surface area contributed by atoms with E-state index in [-0.39, 0.29) is 11.8 Å². The Morgan fingerprint density at radius 2 is 1.52 bits per heavy atom. The molecule has 0 saturated carbocycles. The van der Waals surface area contributed by atoms with E-state index >= 15 is 0 Å². The standard InChI is InChI=1S/C19H28N2O2/c1-3-5-6-7-18(22)20-12-14-21(15-13-20)19(23)17-10-8-16(4-2)9-11-17/h8-11H,3-7,12-15H2,1-2H3. The largest absolute Gasteiger partial charge is 0.339 e. The van der Waals surface area contributed by atoms with Crippen LogP contribution in [0.5, 0.6) is 0 Å². The number of hydrogen-bond acceptors (Lipinski definition) is 2. The number of aryl methyl sites for hydroxylation is 1. The number of unbranched alkanes of at least 4 members (excludes halogenated alkanes) is 2. The van der Waals surface area contributed by atoms with Gasteiger partial charge in [0.15, 0.2) is 0 Å². The average Bonchev–Trinajstić information content (AvgIpc) is 2.61. The van der Waals surface area contributed by atoms with E-state index in [1.54, 1.807) is 0 Å². The lowest BCUT2D eigenvalue weighted by Gasteiger charge is -2.35. The minimum atomic E-state index is 0.0748. The third kappa shape index (κ3) is 4.81. The minimum absolute atomic E-state index is 0.0748. The molecular formula is C19H28N2O2. The molecule has 1 saturated heterocycles. The van der Waals surface area contributed by atoms with Gasteiger partial charge in [-0.3, -0.25) is 9.59 Å². The lowest BCUT2D eigenvalue weighted by molar-refractivity contribution is -0.132. The molecule has 1 heterocycles. The third-order valence-corrected chi connectivity index (χ3v) is 4.52. The van der Waals surface area contributed by atoms with Crippen LogP contribution in [0.15, 0.2) is 24.3 Å². The first-order valence-electron chi connectivity index (χ1n) is 8.81. The van der Waals surface area contributed by atoms with Crippen LogP contribution >= 0.6 is 0 Å². The molecule has 126 valence electrons. The quantitative estimate of drug-likeness (QED) is 0.757. The van der Waals surface area contributed by atoms with Gasteiger partial charge in [-0.05, 0) is 30.5 Å². The van der Waals surface area contributed by atoms with Gasteiger partial charge in [0.1, 0.15) is 0 Å². The fourth-order valence-corrected chi connectivity index (χ4v) is 2.91. The molecule has 23 heavy (non-hydrogen) atoms. The number of piperazine rings is 1. The smallest absolute Gasteiger partial charge is 0.253 e. The van der Waals surface area contributed by atoms with E-state index < -0.39 is 0 Å². The Morgan fingerprint density at radius 3 is 2.09 bits per heavy atom. The highest BCUT2D eigenvalue weighted by Crippen LogP contribution is 2.12. The van der Waals surface area contributed by atoms with E-state index in [4.69, 9.17) is 0 Å². The maximum atomic E-state index is 12.5. The van der Waals surface area contributed by atoms with Crippen molar-refractivity contribution in [3.05, 3.63) is 35.4 Å². The molecule has 4 nitrogen and oxygen atoms in total. The molecule has 1 aromatic carbocycles. The van der Waals surface area contributed by atoms with Gasteiger partial charge >= 0.3 is 0 Å². The van der Waals surface area contributed by atoms with Gasteiger partial charge in [0, 0.05) is 38.2 Å². The summed E-state index contributed by atoms with van der Waals surface area (Å²) < 4.78 is 0. The maximum absolute atomic E-state index is 12.5. The fourth-order valence-electron chi connectivity index (χ4n) is 2.91. The SMILES string of the molecule is CCCCCC(=O)N1CCN(C(=O)c2ccc(CC)cc2)CC1. The monoisotopic (exact) mass is 316 g/mol. The van der Waals surface area contributed by atoms with E-state index in [0.717, 1.165) is 31.2 Å². The number of rotatable bonds is 6. The van der Waals surface area contributed by atoms with Crippen LogP contribution in [0.2, 0.25) is 0 Å². The number of amides is 2. The van der Waals surface area contributed by atoms with Crippen molar-refractivity contribution in [1.29, 1.82) is 0 Å². The second kappa shape index (κ2) is 8.70. The predicted molar refractivity (Wildman–Crippen MR) is 92.4 cm³/mol. The van der Waals surface area contributed by atoms with Gasteiger partial charge in [-0.1, -0.05) is 38.8 Å². The molecule has 0 bridgehead atoms. The van der Waals surface area contributed by atoms with Gasteiger partial charge in [-0.2, -0.15) is 0 Å². The molecule has 0 N–H and O–H groups in total. The Kier molecular flexibility index (Phi) is 6.63. The van der Waals surface area contributed by atoms with Crippen molar-refractivity contribution >= 4 is 11.8 Å². The third-order valence-electron chi connectivity index (χ3n) is 4.52. The summed E-state index contributed by atoms with van der Waals surface area (Å²) >= 11 is 0. The first-order valence-corrected chi connectivity index (χ1v) is 8.81. The molecule has 1 aliphatic heterocycles. The van der Waals surface area contributed by atoms with E-state index in [2.05, 4.69) is 13.8 Å². The maximum Gasteiger partial charge on any atom is 0.253 e. The minimum Gasteiger partial charge on any atom is -0.339 e. The van der Waals surface area contributed by atoms with Gasteiger partial charge in [0.25, 0.3) is 5.91 Å². The Labute approximate surface area is 139 Å². The van der Waals surface area contributed by atoms with Crippen LogP contribution < -0.4 is 0 Å². The zero-order valence-corrected chi connectivity index (χ0v) is 14.4. The lowest BCUT2D eigenvalue weighted by Crippen LogP contribution is -2.50. The normalized spacial score (nSPS) is 14.9. The Balaban J connectivity index is 1.83. The highest BCUT2D eigenvalue weighted by Gasteiger charge is 2.24. The highest BCUT2D eigenvalue weighted by molar-refractivity contribution is 5.94. The molecule has 0 aromatic heterocycles. The van der Waals surface area contributed by atoms with E-state index in [9.17, 15) is 9.59 Å². The van der Waals surface area contributed by atoms with E-state index in [1.165, 1.54) is 5.56 Å². The second-order valence-corrected chi connectivity index (χ2v) is 6.18. The average molecular weight is 316 g/mol. The van der Waals surface area contributed by atoms with Gasteiger partial charge < -0.3 is 9.80 Å². The summed E-state index contributed by atoms with van der Waals surface area (Å²) in [6, 6.07) is 7.84. The molecule has 0 unspecified atom stereocenters. The molecular weight excluding hydrogens is 288 g/mol. The summed E-state index contributed by atoms with van der Waals surface area (Å²) in [5.41, 5.74) is 1.98. The summed E-state index contributed by atoms with van der Waals surface area (Å²) in [6.07, 6.45) is 4.83. The number of benzene rings is 1. The van der Waals surface area contributed by atoms with Crippen LogP contribution in [0.4, 0.5) is 0 Å². The van der Waals surface area contributed by atoms with Gasteiger partial charge in [0.2, 0.25) is 5.91 Å². The fraction of sp³-hybridized carbons (Fsp3) is 0.579. The van der Waals surface area contributed by atoms with Crippen molar-refractivity contribution in [2.45, 2.75) is 46.0 Å². The van der Waals surface area contributed by atoms with Crippen molar-refractivity contribution in [2.75, 3.05) is 26.2 Å². The second-order valence-electron chi connectivity index (χ2n) is 6.18. The van der Waals surface area contributed by atoms with Crippen LogP contribution in [0.25, 0.3) is 0 Å². The topological polar surface area (TPSA) is 40.6 Å². The van der Waals surface area contributed by atoms with Crippen LogP contribution in [-0.4, -0.2) is 47.8 Å². The molecule has 0 radical (unpaired) electrons. The molecule has 4 heteroatoms. The molecule has 2 amide bonds. The predicted octanol–water partition coefficient (Wildman–Crippen LogP) is 3.11. The summed E-state index contributed by atoms with van der Waals surface area (Å²) in [7, 11) is 0. The van der Waals surface area contributed by atoms with Crippen molar-refractivity contribution in [2.24, 2.45) is 0 Å². The summed E-state index contributed by atoms with van der Waals surface area (Å²) in [6.45, 7) is 6.82. The molecule has 0 aliphatic carbocycles. The number of carbonyl (C=O) groups excluding carboxylic acids is 2. The van der Waals surface area contributed by atoms with E-state index in [0.29, 0.717) is 32.6 Å². The molecule has 1 aromatic rings. The Hall–Kier alpha value is -1.84. The molecule has 1 aliphatic rings. The van der Waals surface area contributed by atoms with Crippen molar-refractivity contribution < 1.29 is 9.59 Å². The Bertz CT molecular complexity index is 517. The zero-order valence-electron chi connectivity index (χ0n) is 14.4. The van der Waals surface area contributed by atoms with Crippen LogP contribution in [-0.2, 0) is 11.2 Å². The van der Waals surface area contributed by atoms with Crippen LogP contribution in [0, 0.1) is 0 Å². The number of hydrogen-bond donors (Lipinski definition) is 0. The van der Waals surface area contributed by atoms with Gasteiger partial charge in [-0.25, -0.2) is 0 Å². The van der Waals surface area contributed by atoms with Crippen LogP contribution in [0.3, 0.4) is 0 Å². The molecule has 2 rings (SSSR count). The van der Waals surface area contributed by atoms with Gasteiger partial charge in [-0.15, -0.1) is 0 Å². The van der Waals surface area contributed by atoms with E-state index in [1.807, 2.05) is 34.1 Å². The first-order chi connectivity index (χ1) is 11.2. The van der Waals surface area contributed by atoms with Crippen molar-refractivity contribution in [3.63, 3.8) is 0 Å². The molecule has 0 atom stereocenters. The first kappa shape index (κ1) is 17.5. The number of nitrogens with zero attached hydrogens (tertiary/aromatic N) is 2. The van der Waals surface area contributed by atoms with Crippen molar-refractivity contribution in [1.82, 2.24) is 9.80 Å². The van der Waals surface area contributed by atoms with Gasteiger partial charge in [0.05, 0.1) is 0 Å². The highest BCUT2D eigenvalue weighted by atomic mass is 16.2. The summed E-state index contributed by atoms with van der Waals surface area (Å²) in [5.74, 6) is 0.309. The Morgan fingerprint density at radius 1 is 0.913 bits per heavy atom. The zero-order chi connectivity index (χ0) is 16.7. The summed E-state index contributed by atoms with van der Waals surface area (Å²) in [5, 5.41) is 0. The van der Waals surface area contributed by atoms with Crippen molar-refractivity contribution in [3.8, 4) is 0 Å². The number of carbonyl (C=O) groups is 2. The molecule has 1 fully saturated rings. The van der Waals surface area contributed by atoms with Crippen LogP contribution in [0.1, 0.15) is 55.5 Å².